The van der Waals surface area contributed by atoms with Crippen LogP contribution in [0.15, 0.2) is 0 Å². The Kier molecular flexibility index (Phi) is 2.98. The number of anilines is 1. The van der Waals surface area contributed by atoms with Crippen LogP contribution < -0.4 is 10.2 Å². The van der Waals surface area contributed by atoms with Gasteiger partial charge in [0.2, 0.25) is 5.13 Å². The fourth-order valence-electron chi connectivity index (χ4n) is 1.62. The molecule has 0 spiro atoms. The third kappa shape index (κ3) is 2.04. The van der Waals surface area contributed by atoms with Crippen molar-refractivity contribution in [2.45, 2.75) is 26.3 Å². The fraction of sp³-hybridized carbons (Fsp3) is 0.778. The van der Waals surface area contributed by atoms with Crippen LogP contribution in [-0.2, 0) is 6.42 Å². The first-order valence-electron chi connectivity index (χ1n) is 5.10. The Morgan fingerprint density at radius 1 is 1.64 bits per heavy atom. The summed E-state index contributed by atoms with van der Waals surface area (Å²) in [4.78, 5) is 6.81. The lowest BCUT2D eigenvalue weighted by Crippen LogP contribution is -2.49. The van der Waals surface area contributed by atoms with Gasteiger partial charge in [-0.05, 0) is 6.92 Å². The lowest BCUT2D eigenvalue weighted by molar-refractivity contribution is 0.484. The SMILES string of the molecule is CCc1nsc(N2CCNC(C)C2)n1. The van der Waals surface area contributed by atoms with Crippen molar-refractivity contribution >= 4 is 16.7 Å². The molecule has 0 aromatic carbocycles. The van der Waals surface area contributed by atoms with Gasteiger partial charge in [-0.2, -0.15) is 4.37 Å². The summed E-state index contributed by atoms with van der Waals surface area (Å²) < 4.78 is 4.30. The van der Waals surface area contributed by atoms with E-state index in [4.69, 9.17) is 0 Å². The van der Waals surface area contributed by atoms with Crippen molar-refractivity contribution in [2.24, 2.45) is 0 Å². The van der Waals surface area contributed by atoms with Crippen LogP contribution in [-0.4, -0.2) is 35.0 Å². The van der Waals surface area contributed by atoms with Gasteiger partial charge < -0.3 is 10.2 Å². The Morgan fingerprint density at radius 3 is 3.14 bits per heavy atom. The van der Waals surface area contributed by atoms with Gasteiger partial charge in [-0.3, -0.25) is 0 Å². The molecule has 0 amide bonds. The molecule has 1 N–H and O–H groups in total. The summed E-state index contributed by atoms with van der Waals surface area (Å²) in [5.74, 6) is 0.969. The molecule has 78 valence electrons. The summed E-state index contributed by atoms with van der Waals surface area (Å²) in [5, 5.41) is 4.50. The van der Waals surface area contributed by atoms with E-state index in [1.165, 1.54) is 11.5 Å². The molecule has 1 aliphatic rings. The molecule has 4 nitrogen and oxygen atoms in total. The van der Waals surface area contributed by atoms with Gasteiger partial charge in [0.15, 0.2) is 0 Å². The predicted octanol–water partition coefficient (Wildman–Crippen LogP) is 0.899. The Bertz CT molecular complexity index is 299. The zero-order chi connectivity index (χ0) is 9.97. The third-order valence-electron chi connectivity index (χ3n) is 2.41. The molecule has 1 aromatic heterocycles. The van der Waals surface area contributed by atoms with Gasteiger partial charge in [-0.25, -0.2) is 4.98 Å². The van der Waals surface area contributed by atoms with Gasteiger partial charge in [-0.15, -0.1) is 0 Å². The number of rotatable bonds is 2. The van der Waals surface area contributed by atoms with Gasteiger partial charge in [0.05, 0.1) is 0 Å². The molecule has 14 heavy (non-hydrogen) atoms. The van der Waals surface area contributed by atoms with Crippen molar-refractivity contribution in [2.75, 3.05) is 24.5 Å². The number of hydrogen-bond donors (Lipinski definition) is 1. The highest BCUT2D eigenvalue weighted by atomic mass is 32.1. The van der Waals surface area contributed by atoms with Crippen LogP contribution in [0.4, 0.5) is 5.13 Å². The van der Waals surface area contributed by atoms with Gasteiger partial charge >= 0.3 is 0 Å². The summed E-state index contributed by atoms with van der Waals surface area (Å²) in [6.45, 7) is 7.42. The molecule has 1 fully saturated rings. The lowest BCUT2D eigenvalue weighted by atomic mass is 10.2. The third-order valence-corrected chi connectivity index (χ3v) is 3.23. The molecule has 0 aliphatic carbocycles. The Balaban J connectivity index is 2.06. The van der Waals surface area contributed by atoms with E-state index in [0.29, 0.717) is 6.04 Å². The number of aromatic nitrogens is 2. The Morgan fingerprint density at radius 2 is 2.50 bits per heavy atom. The first kappa shape index (κ1) is 9.86. The molecule has 2 rings (SSSR count). The van der Waals surface area contributed by atoms with E-state index in [2.05, 4.69) is 33.4 Å². The zero-order valence-corrected chi connectivity index (χ0v) is 9.47. The number of hydrogen-bond acceptors (Lipinski definition) is 5. The summed E-state index contributed by atoms with van der Waals surface area (Å²) >= 11 is 1.52. The van der Waals surface area contributed by atoms with Gasteiger partial charge in [-0.1, -0.05) is 6.92 Å². The zero-order valence-electron chi connectivity index (χ0n) is 8.66. The molecule has 1 aliphatic heterocycles. The van der Waals surface area contributed by atoms with Crippen LogP contribution in [0, 0.1) is 0 Å². The maximum Gasteiger partial charge on any atom is 0.205 e. The summed E-state index contributed by atoms with van der Waals surface area (Å²) in [5.41, 5.74) is 0. The molecule has 5 heteroatoms. The van der Waals surface area contributed by atoms with Gasteiger partial charge in [0.1, 0.15) is 5.82 Å². The van der Waals surface area contributed by atoms with E-state index in [-0.39, 0.29) is 0 Å². The minimum Gasteiger partial charge on any atom is -0.344 e. The van der Waals surface area contributed by atoms with Crippen LogP contribution >= 0.6 is 11.5 Å². The van der Waals surface area contributed by atoms with E-state index in [1.807, 2.05) is 0 Å². The summed E-state index contributed by atoms with van der Waals surface area (Å²) in [6, 6.07) is 0.553. The van der Waals surface area contributed by atoms with Crippen LogP contribution in [0.25, 0.3) is 0 Å². The second kappa shape index (κ2) is 4.23. The first-order chi connectivity index (χ1) is 6.79. The average Bonchev–Trinajstić information content (AvgIpc) is 2.66. The van der Waals surface area contributed by atoms with Crippen molar-refractivity contribution in [1.29, 1.82) is 0 Å². The molecule has 1 unspecified atom stereocenters. The topological polar surface area (TPSA) is 41.1 Å². The second-order valence-corrected chi connectivity index (χ2v) is 4.38. The highest BCUT2D eigenvalue weighted by Gasteiger charge is 2.18. The fourth-order valence-corrected chi connectivity index (χ4v) is 2.41. The highest BCUT2D eigenvalue weighted by Crippen LogP contribution is 2.18. The van der Waals surface area contributed by atoms with Gasteiger partial charge in [0, 0.05) is 43.6 Å². The number of aryl methyl sites for hydroxylation is 1. The standard InChI is InChI=1S/C9H16N4S/c1-3-8-11-9(14-12-8)13-5-4-10-7(2)6-13/h7,10H,3-6H2,1-2H3. The number of nitrogens with zero attached hydrogens (tertiary/aromatic N) is 3. The quantitative estimate of drug-likeness (QED) is 0.791. The van der Waals surface area contributed by atoms with E-state index >= 15 is 0 Å². The minimum atomic E-state index is 0.553. The van der Waals surface area contributed by atoms with Crippen molar-refractivity contribution in [3.8, 4) is 0 Å². The van der Waals surface area contributed by atoms with Crippen LogP contribution in [0.5, 0.6) is 0 Å². The predicted molar refractivity (Wildman–Crippen MR) is 59.0 cm³/mol. The molecule has 0 radical (unpaired) electrons. The first-order valence-corrected chi connectivity index (χ1v) is 5.88. The Labute approximate surface area is 88.5 Å². The molecule has 1 saturated heterocycles. The molecule has 1 atom stereocenters. The number of nitrogens with one attached hydrogen (secondary N) is 1. The lowest BCUT2D eigenvalue weighted by Gasteiger charge is -2.31. The van der Waals surface area contributed by atoms with E-state index in [0.717, 1.165) is 37.0 Å². The molecule has 0 saturated carbocycles. The van der Waals surface area contributed by atoms with E-state index in [1.54, 1.807) is 0 Å². The van der Waals surface area contributed by atoms with Crippen molar-refractivity contribution < 1.29 is 0 Å². The molecule has 0 bridgehead atoms. The van der Waals surface area contributed by atoms with E-state index in [9.17, 15) is 0 Å². The van der Waals surface area contributed by atoms with E-state index < -0.39 is 0 Å². The largest absolute Gasteiger partial charge is 0.344 e. The van der Waals surface area contributed by atoms with Crippen molar-refractivity contribution in [3.05, 3.63) is 5.82 Å². The summed E-state index contributed by atoms with van der Waals surface area (Å²) in [7, 11) is 0. The summed E-state index contributed by atoms with van der Waals surface area (Å²) in [6.07, 6.45) is 0.929. The average molecular weight is 212 g/mol. The smallest absolute Gasteiger partial charge is 0.205 e. The molecule has 1 aromatic rings. The van der Waals surface area contributed by atoms with Crippen molar-refractivity contribution in [3.63, 3.8) is 0 Å². The molecular formula is C9H16N4S. The maximum atomic E-state index is 4.49. The van der Waals surface area contributed by atoms with Crippen LogP contribution in [0.2, 0.25) is 0 Å². The number of piperazine rings is 1. The van der Waals surface area contributed by atoms with Crippen LogP contribution in [0.3, 0.4) is 0 Å². The maximum absolute atomic E-state index is 4.49. The molecular weight excluding hydrogens is 196 g/mol. The second-order valence-electron chi connectivity index (χ2n) is 3.65. The monoisotopic (exact) mass is 212 g/mol. The normalized spacial score (nSPS) is 22.7. The van der Waals surface area contributed by atoms with Crippen molar-refractivity contribution in [1.82, 2.24) is 14.7 Å². The minimum absolute atomic E-state index is 0.553. The van der Waals surface area contributed by atoms with Gasteiger partial charge in [0.25, 0.3) is 0 Å². The Hall–Kier alpha value is -0.680. The van der Waals surface area contributed by atoms with Crippen LogP contribution in [0.1, 0.15) is 19.7 Å². The molecule has 2 heterocycles. The highest BCUT2D eigenvalue weighted by molar-refractivity contribution is 7.09.